The van der Waals surface area contributed by atoms with Crippen LogP contribution in [-0.4, -0.2) is 13.4 Å². The van der Waals surface area contributed by atoms with Gasteiger partial charge in [-0.05, 0) is 43.7 Å². The Morgan fingerprint density at radius 2 is 1.86 bits per heavy atom. The van der Waals surface area contributed by atoms with E-state index in [0.717, 1.165) is 17.8 Å². The molecule has 2 N–H and O–H groups in total. The lowest BCUT2D eigenvalue weighted by molar-refractivity contribution is -0.274. The van der Waals surface area contributed by atoms with Gasteiger partial charge in [-0.15, -0.1) is 13.2 Å². The lowest BCUT2D eigenvalue weighted by Crippen LogP contribution is -2.18. The van der Waals surface area contributed by atoms with Gasteiger partial charge in [0.2, 0.25) is 0 Å². The summed E-state index contributed by atoms with van der Waals surface area (Å²) in [6.07, 6.45) is -0.146. The SMILES string of the molecule is CC/C=C(N)\C=C(\C)N(C)c1ccc(OC(F)(F)F)cc1. The normalized spacial score (nSPS) is 13.2. The molecule has 0 aromatic heterocycles. The number of nitrogens with zero attached hydrogens (tertiary/aromatic N) is 1. The molecular formula is C15H19F3N2O. The standard InChI is InChI=1S/C15H19F3N2O/c1-4-5-12(19)10-11(2)20(3)13-6-8-14(9-7-13)21-15(16,17)18/h5-10H,4,19H2,1-3H3/b11-10-,12-5+. The van der Waals surface area contributed by atoms with Gasteiger partial charge in [0.15, 0.2) is 0 Å². The molecule has 0 spiro atoms. The van der Waals surface area contributed by atoms with Crippen molar-refractivity contribution >= 4 is 5.69 Å². The summed E-state index contributed by atoms with van der Waals surface area (Å²) in [5, 5.41) is 0. The maximum atomic E-state index is 12.1. The monoisotopic (exact) mass is 300 g/mol. The van der Waals surface area contributed by atoms with Gasteiger partial charge in [0.1, 0.15) is 5.75 Å². The second-order valence-electron chi connectivity index (χ2n) is 4.50. The van der Waals surface area contributed by atoms with E-state index in [1.807, 2.05) is 37.9 Å². The number of benzene rings is 1. The van der Waals surface area contributed by atoms with E-state index in [4.69, 9.17) is 5.73 Å². The largest absolute Gasteiger partial charge is 0.573 e. The number of ether oxygens (including phenoxy) is 1. The van der Waals surface area contributed by atoms with E-state index in [1.165, 1.54) is 12.1 Å². The van der Waals surface area contributed by atoms with Gasteiger partial charge in [-0.25, -0.2) is 0 Å². The second-order valence-corrected chi connectivity index (χ2v) is 4.50. The van der Waals surface area contributed by atoms with Crippen LogP contribution in [0.1, 0.15) is 20.3 Å². The molecule has 0 amide bonds. The molecule has 6 heteroatoms. The van der Waals surface area contributed by atoms with E-state index in [1.54, 1.807) is 12.1 Å². The first-order valence-corrected chi connectivity index (χ1v) is 6.46. The summed E-state index contributed by atoms with van der Waals surface area (Å²) < 4.78 is 40.1. The fourth-order valence-electron chi connectivity index (χ4n) is 1.71. The molecule has 1 rings (SSSR count). The van der Waals surface area contributed by atoms with Crippen LogP contribution < -0.4 is 15.4 Å². The van der Waals surface area contributed by atoms with Gasteiger partial charge < -0.3 is 15.4 Å². The number of halogens is 3. The molecule has 116 valence electrons. The van der Waals surface area contributed by atoms with E-state index >= 15 is 0 Å². The number of hydrogen-bond donors (Lipinski definition) is 1. The summed E-state index contributed by atoms with van der Waals surface area (Å²) in [5.41, 5.74) is 8.07. The number of hydrogen-bond acceptors (Lipinski definition) is 3. The Morgan fingerprint density at radius 1 is 1.29 bits per heavy atom. The first-order valence-electron chi connectivity index (χ1n) is 6.46. The van der Waals surface area contributed by atoms with Crippen molar-refractivity contribution in [2.45, 2.75) is 26.6 Å². The average molecular weight is 300 g/mol. The summed E-state index contributed by atoms with van der Waals surface area (Å²) in [5.74, 6) is -0.244. The highest BCUT2D eigenvalue weighted by molar-refractivity contribution is 5.53. The quantitative estimate of drug-likeness (QED) is 0.829. The zero-order valence-electron chi connectivity index (χ0n) is 12.2. The maximum Gasteiger partial charge on any atom is 0.573 e. The molecule has 0 heterocycles. The third kappa shape index (κ3) is 5.81. The molecule has 0 atom stereocenters. The summed E-state index contributed by atoms with van der Waals surface area (Å²) >= 11 is 0. The van der Waals surface area contributed by atoms with Crippen LogP contribution in [0.15, 0.2) is 47.8 Å². The maximum absolute atomic E-state index is 12.1. The summed E-state index contributed by atoms with van der Waals surface area (Å²) in [4.78, 5) is 1.83. The van der Waals surface area contributed by atoms with Crippen molar-refractivity contribution < 1.29 is 17.9 Å². The van der Waals surface area contributed by atoms with E-state index < -0.39 is 6.36 Å². The Kier molecular flexibility index (Phi) is 5.69. The Morgan fingerprint density at radius 3 is 2.33 bits per heavy atom. The summed E-state index contributed by atoms with van der Waals surface area (Å²) in [6, 6.07) is 5.66. The Labute approximate surface area is 122 Å². The lowest BCUT2D eigenvalue weighted by Gasteiger charge is -2.20. The fourth-order valence-corrected chi connectivity index (χ4v) is 1.71. The van der Waals surface area contributed by atoms with Crippen molar-refractivity contribution in [3.05, 3.63) is 47.8 Å². The van der Waals surface area contributed by atoms with Crippen molar-refractivity contribution in [2.24, 2.45) is 5.73 Å². The van der Waals surface area contributed by atoms with Crippen LogP contribution in [0.3, 0.4) is 0 Å². The molecule has 21 heavy (non-hydrogen) atoms. The van der Waals surface area contributed by atoms with E-state index in [9.17, 15) is 13.2 Å². The second kappa shape index (κ2) is 7.06. The van der Waals surface area contributed by atoms with Gasteiger partial charge in [0.25, 0.3) is 0 Å². The van der Waals surface area contributed by atoms with Crippen molar-refractivity contribution in [1.82, 2.24) is 0 Å². The van der Waals surface area contributed by atoms with Gasteiger partial charge in [-0.1, -0.05) is 13.0 Å². The minimum Gasteiger partial charge on any atom is -0.406 e. The lowest BCUT2D eigenvalue weighted by atomic mass is 10.2. The molecular weight excluding hydrogens is 281 g/mol. The zero-order valence-corrected chi connectivity index (χ0v) is 12.2. The summed E-state index contributed by atoms with van der Waals surface area (Å²) in [7, 11) is 1.81. The highest BCUT2D eigenvalue weighted by Crippen LogP contribution is 2.26. The fraction of sp³-hybridized carbons (Fsp3) is 0.333. The Hall–Kier alpha value is -2.11. The molecule has 0 aliphatic heterocycles. The van der Waals surface area contributed by atoms with Gasteiger partial charge in [-0.2, -0.15) is 0 Å². The average Bonchev–Trinajstić information content (AvgIpc) is 2.37. The van der Waals surface area contributed by atoms with Crippen LogP contribution >= 0.6 is 0 Å². The predicted molar refractivity (Wildman–Crippen MR) is 77.8 cm³/mol. The number of allylic oxidation sites excluding steroid dienone is 3. The van der Waals surface area contributed by atoms with Crippen LogP contribution in [0.2, 0.25) is 0 Å². The third-order valence-corrected chi connectivity index (χ3v) is 2.80. The summed E-state index contributed by atoms with van der Waals surface area (Å²) in [6.45, 7) is 3.86. The van der Waals surface area contributed by atoms with Gasteiger partial charge in [0.05, 0.1) is 0 Å². The van der Waals surface area contributed by atoms with Crippen LogP contribution in [0.4, 0.5) is 18.9 Å². The number of nitrogens with two attached hydrogens (primary N) is 1. The molecule has 0 aliphatic carbocycles. The van der Waals surface area contributed by atoms with Gasteiger partial charge >= 0.3 is 6.36 Å². The predicted octanol–water partition coefficient (Wildman–Crippen LogP) is 4.18. The molecule has 0 bridgehead atoms. The first-order chi connectivity index (χ1) is 9.73. The molecule has 0 radical (unpaired) electrons. The zero-order chi connectivity index (χ0) is 16.0. The van der Waals surface area contributed by atoms with Gasteiger partial charge in [-0.3, -0.25) is 0 Å². The number of anilines is 1. The highest BCUT2D eigenvalue weighted by atomic mass is 19.4. The Bertz CT molecular complexity index is 519. The number of alkyl halides is 3. The molecule has 0 fully saturated rings. The topological polar surface area (TPSA) is 38.5 Å². The molecule has 0 saturated heterocycles. The molecule has 0 unspecified atom stereocenters. The van der Waals surface area contributed by atoms with Crippen molar-refractivity contribution in [2.75, 3.05) is 11.9 Å². The first kappa shape index (κ1) is 16.9. The van der Waals surface area contributed by atoms with Crippen LogP contribution in [0.5, 0.6) is 5.75 Å². The smallest absolute Gasteiger partial charge is 0.406 e. The van der Waals surface area contributed by atoms with Crippen molar-refractivity contribution in [3.8, 4) is 5.75 Å². The molecule has 0 saturated carbocycles. The van der Waals surface area contributed by atoms with Crippen molar-refractivity contribution in [1.29, 1.82) is 0 Å². The minimum atomic E-state index is -4.68. The van der Waals surface area contributed by atoms with Gasteiger partial charge in [0, 0.05) is 24.1 Å². The third-order valence-electron chi connectivity index (χ3n) is 2.80. The molecule has 3 nitrogen and oxygen atoms in total. The number of rotatable bonds is 5. The van der Waals surface area contributed by atoms with E-state index in [-0.39, 0.29) is 5.75 Å². The van der Waals surface area contributed by atoms with Crippen LogP contribution in [0, 0.1) is 0 Å². The van der Waals surface area contributed by atoms with E-state index in [2.05, 4.69) is 4.74 Å². The van der Waals surface area contributed by atoms with Crippen LogP contribution in [0.25, 0.3) is 0 Å². The molecule has 0 aliphatic rings. The van der Waals surface area contributed by atoms with Crippen molar-refractivity contribution in [3.63, 3.8) is 0 Å². The van der Waals surface area contributed by atoms with Crippen LogP contribution in [-0.2, 0) is 0 Å². The molecule has 1 aromatic carbocycles. The van der Waals surface area contributed by atoms with E-state index in [0.29, 0.717) is 5.70 Å². The highest BCUT2D eigenvalue weighted by Gasteiger charge is 2.30. The molecule has 1 aromatic rings. The Balaban J connectivity index is 2.84. The minimum absolute atomic E-state index is 0.244.